The van der Waals surface area contributed by atoms with Crippen LogP contribution in [0.4, 0.5) is 5.69 Å². The first-order valence-electron chi connectivity index (χ1n) is 8.54. The Morgan fingerprint density at radius 1 is 1.11 bits per heavy atom. The van der Waals surface area contributed by atoms with Gasteiger partial charge in [0.1, 0.15) is 11.3 Å². The minimum Gasteiger partial charge on any atom is -0.477 e. The van der Waals surface area contributed by atoms with E-state index in [0.717, 1.165) is 5.39 Å². The minimum atomic E-state index is -0.982. The van der Waals surface area contributed by atoms with Crippen LogP contribution in [0, 0.1) is 0 Å². The molecule has 1 aliphatic rings. The summed E-state index contributed by atoms with van der Waals surface area (Å²) >= 11 is 0. The number of ether oxygens (including phenoxy) is 2. The number of carbonyl (C=O) groups is 3. The monoisotopic (exact) mass is 380 g/mol. The summed E-state index contributed by atoms with van der Waals surface area (Å²) in [5.74, 6) is -1.59. The van der Waals surface area contributed by atoms with Crippen LogP contribution in [0.1, 0.15) is 10.6 Å². The molecule has 0 radical (unpaired) electrons. The van der Waals surface area contributed by atoms with Crippen LogP contribution >= 0.6 is 0 Å². The van der Waals surface area contributed by atoms with E-state index < -0.39 is 30.5 Å². The second kappa shape index (κ2) is 7.07. The first-order chi connectivity index (χ1) is 13.5. The van der Waals surface area contributed by atoms with E-state index >= 15 is 0 Å². The number of esters is 1. The number of hydrogen-bond acceptors (Lipinski definition) is 6. The molecule has 0 saturated carbocycles. The summed E-state index contributed by atoms with van der Waals surface area (Å²) in [6.45, 7) is -0.580. The molecule has 2 amide bonds. The van der Waals surface area contributed by atoms with Gasteiger partial charge in [-0.1, -0.05) is 30.3 Å². The quantitative estimate of drug-likeness (QED) is 0.692. The van der Waals surface area contributed by atoms with Gasteiger partial charge in [-0.3, -0.25) is 9.59 Å². The van der Waals surface area contributed by atoms with Crippen molar-refractivity contribution in [1.29, 1.82) is 0 Å². The van der Waals surface area contributed by atoms with Crippen LogP contribution in [-0.4, -0.2) is 37.0 Å². The number of primary amides is 1. The molecule has 0 saturated heterocycles. The van der Waals surface area contributed by atoms with Gasteiger partial charge in [0, 0.05) is 5.39 Å². The number of furan rings is 1. The van der Waals surface area contributed by atoms with Crippen LogP contribution < -0.4 is 15.4 Å². The van der Waals surface area contributed by atoms with Crippen molar-refractivity contribution < 1.29 is 28.3 Å². The number of hydrogen-bond donors (Lipinski definition) is 1. The third-order valence-electron chi connectivity index (χ3n) is 4.35. The highest BCUT2D eigenvalue weighted by molar-refractivity contribution is 6.00. The maximum atomic E-state index is 12.6. The van der Waals surface area contributed by atoms with Crippen molar-refractivity contribution in [3.8, 4) is 5.75 Å². The summed E-state index contributed by atoms with van der Waals surface area (Å²) in [5.41, 5.74) is 6.35. The number of para-hydroxylation sites is 3. The SMILES string of the molecule is NC(=O)[C@H]1CN(C(=O)COC(=O)c2cc3ccccc3o2)c2ccccc2O1. The molecule has 0 fully saturated rings. The summed E-state index contributed by atoms with van der Waals surface area (Å²) in [7, 11) is 0. The molecule has 8 heteroatoms. The summed E-state index contributed by atoms with van der Waals surface area (Å²) in [4.78, 5) is 37.7. The van der Waals surface area contributed by atoms with E-state index in [2.05, 4.69) is 0 Å². The van der Waals surface area contributed by atoms with E-state index in [4.69, 9.17) is 19.6 Å². The predicted octanol–water partition coefficient (Wildman–Crippen LogP) is 1.87. The zero-order chi connectivity index (χ0) is 19.7. The van der Waals surface area contributed by atoms with Crippen LogP contribution in [-0.2, 0) is 14.3 Å². The fourth-order valence-corrected chi connectivity index (χ4v) is 2.98. The topological polar surface area (TPSA) is 112 Å². The fraction of sp³-hybridized carbons (Fsp3) is 0.150. The van der Waals surface area contributed by atoms with Gasteiger partial charge in [0.15, 0.2) is 12.7 Å². The smallest absolute Gasteiger partial charge is 0.374 e. The van der Waals surface area contributed by atoms with Crippen molar-refractivity contribution >= 4 is 34.4 Å². The van der Waals surface area contributed by atoms with Gasteiger partial charge in [0.2, 0.25) is 5.76 Å². The number of anilines is 1. The Hall–Kier alpha value is -3.81. The molecule has 28 heavy (non-hydrogen) atoms. The van der Waals surface area contributed by atoms with E-state index in [1.165, 1.54) is 4.90 Å². The first kappa shape index (κ1) is 17.6. The fourth-order valence-electron chi connectivity index (χ4n) is 2.98. The number of benzene rings is 2. The third-order valence-corrected chi connectivity index (χ3v) is 4.35. The average Bonchev–Trinajstić information content (AvgIpc) is 3.15. The molecule has 0 spiro atoms. The van der Waals surface area contributed by atoms with Crippen molar-refractivity contribution in [3.63, 3.8) is 0 Å². The zero-order valence-electron chi connectivity index (χ0n) is 14.7. The Balaban J connectivity index is 1.48. The van der Waals surface area contributed by atoms with Crippen molar-refractivity contribution in [2.75, 3.05) is 18.1 Å². The molecule has 2 aromatic carbocycles. The second-order valence-electron chi connectivity index (χ2n) is 6.21. The maximum absolute atomic E-state index is 12.6. The normalized spacial score (nSPS) is 15.6. The minimum absolute atomic E-state index is 0.00592. The van der Waals surface area contributed by atoms with Crippen LogP contribution in [0.25, 0.3) is 11.0 Å². The lowest BCUT2D eigenvalue weighted by atomic mass is 10.2. The lowest BCUT2D eigenvalue weighted by molar-refractivity contribution is -0.126. The maximum Gasteiger partial charge on any atom is 0.374 e. The number of amides is 2. The Bertz CT molecular complexity index is 1040. The van der Waals surface area contributed by atoms with Crippen LogP contribution in [0.3, 0.4) is 0 Å². The molecular formula is C20H16N2O6. The molecule has 8 nitrogen and oxygen atoms in total. The van der Waals surface area contributed by atoms with Gasteiger partial charge >= 0.3 is 5.97 Å². The van der Waals surface area contributed by atoms with Crippen LogP contribution in [0.15, 0.2) is 59.0 Å². The summed E-state index contributed by atoms with van der Waals surface area (Å²) in [6, 6.07) is 15.4. The molecule has 2 N–H and O–H groups in total. The van der Waals surface area contributed by atoms with Crippen LogP contribution in [0.5, 0.6) is 5.75 Å². The van der Waals surface area contributed by atoms with Crippen molar-refractivity contribution in [2.45, 2.75) is 6.10 Å². The Morgan fingerprint density at radius 3 is 2.64 bits per heavy atom. The summed E-state index contributed by atoms with van der Waals surface area (Å²) < 4.78 is 16.0. The lowest BCUT2D eigenvalue weighted by Gasteiger charge is -2.33. The van der Waals surface area contributed by atoms with E-state index in [-0.39, 0.29) is 12.3 Å². The molecule has 1 atom stereocenters. The Morgan fingerprint density at radius 2 is 1.86 bits per heavy atom. The van der Waals surface area contributed by atoms with Crippen molar-refractivity contribution in [3.05, 3.63) is 60.4 Å². The third kappa shape index (κ3) is 3.27. The standard InChI is InChI=1S/C20H16N2O6/c21-19(24)17-10-22(13-6-2-4-8-15(13)28-17)18(23)11-26-20(25)16-9-12-5-1-3-7-14(12)27-16/h1-9,17H,10-11H2,(H2,21,24)/t17-/m1/s1. The number of nitrogens with zero attached hydrogens (tertiary/aromatic N) is 1. The van der Waals surface area contributed by atoms with Gasteiger partial charge in [0.05, 0.1) is 12.2 Å². The van der Waals surface area contributed by atoms with Gasteiger partial charge in [-0.05, 0) is 24.3 Å². The van der Waals surface area contributed by atoms with Gasteiger partial charge in [-0.15, -0.1) is 0 Å². The summed E-state index contributed by atoms with van der Waals surface area (Å²) in [5, 5.41) is 0.757. The van der Waals surface area contributed by atoms with Gasteiger partial charge in [0.25, 0.3) is 11.8 Å². The van der Waals surface area contributed by atoms with Gasteiger partial charge in [-0.2, -0.15) is 0 Å². The predicted molar refractivity (Wildman–Crippen MR) is 98.9 cm³/mol. The number of nitrogens with two attached hydrogens (primary N) is 1. The molecule has 0 aliphatic carbocycles. The molecular weight excluding hydrogens is 364 g/mol. The van der Waals surface area contributed by atoms with E-state index in [1.54, 1.807) is 48.5 Å². The average molecular weight is 380 g/mol. The second-order valence-corrected chi connectivity index (χ2v) is 6.21. The molecule has 4 rings (SSSR count). The highest BCUT2D eigenvalue weighted by atomic mass is 16.5. The highest BCUT2D eigenvalue weighted by Crippen LogP contribution is 2.33. The van der Waals surface area contributed by atoms with Crippen LogP contribution in [0.2, 0.25) is 0 Å². The number of rotatable bonds is 4. The van der Waals surface area contributed by atoms with E-state index in [1.807, 2.05) is 6.07 Å². The first-order valence-corrected chi connectivity index (χ1v) is 8.54. The molecule has 0 unspecified atom stereocenters. The van der Waals surface area contributed by atoms with Crippen molar-refractivity contribution in [1.82, 2.24) is 0 Å². The molecule has 1 aromatic heterocycles. The Labute approximate surface area is 159 Å². The molecule has 2 heterocycles. The number of carbonyl (C=O) groups excluding carboxylic acids is 3. The van der Waals surface area contributed by atoms with Crippen molar-refractivity contribution in [2.24, 2.45) is 5.73 Å². The molecule has 142 valence electrons. The number of fused-ring (bicyclic) bond motifs is 2. The van der Waals surface area contributed by atoms with E-state index in [0.29, 0.717) is 17.0 Å². The van der Waals surface area contributed by atoms with Gasteiger partial charge in [-0.25, -0.2) is 4.79 Å². The summed E-state index contributed by atoms with van der Waals surface area (Å²) in [6.07, 6.45) is -0.982. The van der Waals surface area contributed by atoms with E-state index in [9.17, 15) is 14.4 Å². The molecule has 1 aliphatic heterocycles. The molecule has 3 aromatic rings. The zero-order valence-corrected chi connectivity index (χ0v) is 14.7. The highest BCUT2D eigenvalue weighted by Gasteiger charge is 2.33. The largest absolute Gasteiger partial charge is 0.477 e. The lowest BCUT2D eigenvalue weighted by Crippen LogP contribution is -2.50. The molecule has 0 bridgehead atoms. The Kier molecular flexibility index (Phi) is 4.44. The van der Waals surface area contributed by atoms with Gasteiger partial charge < -0.3 is 24.5 Å².